The fourth-order valence-corrected chi connectivity index (χ4v) is 2.53. The van der Waals surface area contributed by atoms with Gasteiger partial charge in [0.25, 0.3) is 0 Å². The molecule has 1 saturated carbocycles. The van der Waals surface area contributed by atoms with Crippen LogP contribution in [0.15, 0.2) is 10.7 Å². The van der Waals surface area contributed by atoms with Crippen LogP contribution in [0.5, 0.6) is 0 Å². The Morgan fingerprint density at radius 3 is 2.74 bits per heavy atom. The molecular formula is C11H17BrN4O2S. The average Bonchev–Trinajstić information content (AvgIpc) is 3.10. The van der Waals surface area contributed by atoms with Gasteiger partial charge < -0.3 is 5.32 Å². The zero-order valence-corrected chi connectivity index (χ0v) is 13.1. The summed E-state index contributed by atoms with van der Waals surface area (Å²) in [7, 11) is -3.10. The van der Waals surface area contributed by atoms with Gasteiger partial charge in [0.2, 0.25) is 10.0 Å². The summed E-state index contributed by atoms with van der Waals surface area (Å²) in [6.07, 6.45) is 4.18. The normalized spacial score (nSPS) is 15.5. The first-order valence-corrected chi connectivity index (χ1v) is 8.85. The molecule has 1 aromatic heterocycles. The Hall–Kier alpha value is -0.730. The Labute approximate surface area is 121 Å². The predicted octanol–water partition coefficient (Wildman–Crippen LogP) is 1.47. The van der Waals surface area contributed by atoms with E-state index in [0.29, 0.717) is 25.4 Å². The summed E-state index contributed by atoms with van der Waals surface area (Å²) < 4.78 is 25.0. The topological polar surface area (TPSA) is 84.0 Å². The van der Waals surface area contributed by atoms with E-state index in [1.807, 2.05) is 6.07 Å². The number of halogens is 1. The number of nitrogens with one attached hydrogen (secondary N) is 2. The molecule has 0 bridgehead atoms. The highest BCUT2D eigenvalue weighted by Crippen LogP contribution is 2.38. The number of rotatable bonds is 7. The van der Waals surface area contributed by atoms with Gasteiger partial charge in [-0.25, -0.2) is 23.1 Å². The van der Waals surface area contributed by atoms with E-state index >= 15 is 0 Å². The molecule has 0 aliphatic heterocycles. The van der Waals surface area contributed by atoms with E-state index in [4.69, 9.17) is 0 Å². The highest BCUT2D eigenvalue weighted by Gasteiger charge is 2.27. The summed E-state index contributed by atoms with van der Waals surface area (Å²) in [6, 6.07) is 1.83. The minimum absolute atomic E-state index is 0.424. The molecule has 0 unspecified atom stereocenters. The van der Waals surface area contributed by atoms with Crippen molar-refractivity contribution in [1.82, 2.24) is 14.7 Å². The largest absolute Gasteiger partial charge is 0.370 e. The first kappa shape index (κ1) is 14.7. The zero-order chi connectivity index (χ0) is 13.9. The first-order valence-electron chi connectivity index (χ1n) is 6.17. The summed E-state index contributed by atoms with van der Waals surface area (Å²) in [5, 5.41) is 3.18. The van der Waals surface area contributed by atoms with Gasteiger partial charge >= 0.3 is 0 Å². The van der Waals surface area contributed by atoms with Gasteiger partial charge in [-0.05, 0) is 35.2 Å². The van der Waals surface area contributed by atoms with E-state index in [0.717, 1.165) is 35.3 Å². The van der Waals surface area contributed by atoms with Crippen LogP contribution in [0.3, 0.4) is 0 Å². The number of hydrogen-bond donors (Lipinski definition) is 2. The number of anilines is 1. The van der Waals surface area contributed by atoms with Crippen molar-refractivity contribution >= 4 is 31.8 Å². The Balaban J connectivity index is 1.79. The van der Waals surface area contributed by atoms with Crippen molar-refractivity contribution in [2.45, 2.75) is 25.2 Å². The van der Waals surface area contributed by atoms with Gasteiger partial charge in [0.05, 0.1) is 6.26 Å². The molecule has 8 heteroatoms. The molecule has 1 aliphatic carbocycles. The lowest BCUT2D eigenvalue weighted by Gasteiger charge is -2.08. The summed E-state index contributed by atoms with van der Waals surface area (Å²) in [5.41, 5.74) is 0. The summed E-state index contributed by atoms with van der Waals surface area (Å²) in [6.45, 7) is 1.09. The average molecular weight is 349 g/mol. The molecule has 1 heterocycles. The fraction of sp³-hybridized carbons (Fsp3) is 0.636. The Kier molecular flexibility index (Phi) is 4.75. The molecule has 1 fully saturated rings. The number of aromatic nitrogens is 2. The molecule has 19 heavy (non-hydrogen) atoms. The molecule has 1 aliphatic rings. The molecule has 2 rings (SSSR count). The third-order valence-electron chi connectivity index (χ3n) is 2.68. The Bertz CT molecular complexity index is 546. The number of hydrogen-bond acceptors (Lipinski definition) is 5. The lowest BCUT2D eigenvalue weighted by molar-refractivity contribution is 0.586. The molecule has 0 atom stereocenters. The monoisotopic (exact) mass is 348 g/mol. The molecule has 106 valence electrons. The summed E-state index contributed by atoms with van der Waals surface area (Å²) >= 11 is 3.38. The maximum absolute atomic E-state index is 10.9. The lowest BCUT2D eigenvalue weighted by atomic mass is 10.4. The molecule has 0 radical (unpaired) electrons. The van der Waals surface area contributed by atoms with Gasteiger partial charge in [0.1, 0.15) is 16.2 Å². The standard InChI is InChI=1S/C11H17BrN4O2S/c1-19(17,18)14-6-2-5-13-10-7-9(12)15-11(16-10)8-3-4-8/h7-8,14H,2-6H2,1H3,(H,13,15,16). The predicted molar refractivity (Wildman–Crippen MR) is 77.7 cm³/mol. The second-order valence-electron chi connectivity index (χ2n) is 4.66. The van der Waals surface area contributed by atoms with E-state index in [2.05, 4.69) is 35.9 Å². The van der Waals surface area contributed by atoms with Crippen LogP contribution in [-0.4, -0.2) is 37.7 Å². The van der Waals surface area contributed by atoms with E-state index in [1.165, 1.54) is 0 Å². The van der Waals surface area contributed by atoms with Crippen LogP contribution in [0, 0.1) is 0 Å². The van der Waals surface area contributed by atoms with Crippen LogP contribution in [0.4, 0.5) is 5.82 Å². The molecule has 1 aromatic rings. The molecular weight excluding hydrogens is 332 g/mol. The Morgan fingerprint density at radius 1 is 1.37 bits per heavy atom. The van der Waals surface area contributed by atoms with Gasteiger partial charge in [0.15, 0.2) is 0 Å². The van der Waals surface area contributed by atoms with Crippen molar-refractivity contribution in [1.29, 1.82) is 0 Å². The van der Waals surface area contributed by atoms with Crippen molar-refractivity contribution in [3.63, 3.8) is 0 Å². The van der Waals surface area contributed by atoms with Crippen LogP contribution in [0.2, 0.25) is 0 Å². The van der Waals surface area contributed by atoms with Crippen molar-refractivity contribution in [3.8, 4) is 0 Å². The summed E-state index contributed by atoms with van der Waals surface area (Å²) in [5.74, 6) is 2.17. The number of nitrogens with zero attached hydrogens (tertiary/aromatic N) is 2. The van der Waals surface area contributed by atoms with Gasteiger partial charge in [0, 0.05) is 25.1 Å². The van der Waals surface area contributed by atoms with Crippen molar-refractivity contribution in [3.05, 3.63) is 16.5 Å². The highest BCUT2D eigenvalue weighted by atomic mass is 79.9. The molecule has 2 N–H and O–H groups in total. The molecule has 0 spiro atoms. The van der Waals surface area contributed by atoms with Crippen LogP contribution in [-0.2, 0) is 10.0 Å². The van der Waals surface area contributed by atoms with Gasteiger partial charge in [-0.3, -0.25) is 0 Å². The van der Waals surface area contributed by atoms with Crippen molar-refractivity contribution in [2.75, 3.05) is 24.7 Å². The van der Waals surface area contributed by atoms with Gasteiger partial charge in [-0.1, -0.05) is 0 Å². The van der Waals surface area contributed by atoms with E-state index < -0.39 is 10.0 Å². The third-order valence-corrected chi connectivity index (χ3v) is 3.81. The number of sulfonamides is 1. The van der Waals surface area contributed by atoms with E-state index in [-0.39, 0.29) is 0 Å². The second kappa shape index (κ2) is 6.15. The fourth-order valence-electron chi connectivity index (χ4n) is 1.61. The summed E-state index contributed by atoms with van der Waals surface area (Å²) in [4.78, 5) is 8.80. The van der Waals surface area contributed by atoms with E-state index in [9.17, 15) is 8.42 Å². The van der Waals surface area contributed by atoms with Crippen LogP contribution < -0.4 is 10.0 Å². The minimum Gasteiger partial charge on any atom is -0.370 e. The first-order chi connectivity index (χ1) is 8.94. The third kappa shape index (κ3) is 5.42. The lowest BCUT2D eigenvalue weighted by Crippen LogP contribution is -2.24. The molecule has 0 amide bonds. The van der Waals surface area contributed by atoms with Crippen LogP contribution in [0.25, 0.3) is 0 Å². The molecule has 0 saturated heterocycles. The second-order valence-corrected chi connectivity index (χ2v) is 7.30. The van der Waals surface area contributed by atoms with Crippen molar-refractivity contribution < 1.29 is 8.42 Å². The van der Waals surface area contributed by atoms with Gasteiger partial charge in [-0.15, -0.1) is 0 Å². The SMILES string of the molecule is CS(=O)(=O)NCCCNc1cc(Br)nc(C2CC2)n1. The van der Waals surface area contributed by atoms with Crippen LogP contribution in [0.1, 0.15) is 31.0 Å². The van der Waals surface area contributed by atoms with Gasteiger partial charge in [-0.2, -0.15) is 0 Å². The zero-order valence-electron chi connectivity index (χ0n) is 10.7. The quantitative estimate of drug-likeness (QED) is 0.575. The smallest absolute Gasteiger partial charge is 0.208 e. The highest BCUT2D eigenvalue weighted by molar-refractivity contribution is 9.10. The Morgan fingerprint density at radius 2 is 2.11 bits per heavy atom. The van der Waals surface area contributed by atoms with Crippen LogP contribution >= 0.6 is 15.9 Å². The van der Waals surface area contributed by atoms with E-state index in [1.54, 1.807) is 0 Å². The maximum atomic E-state index is 10.9. The minimum atomic E-state index is -3.10. The molecule has 0 aromatic carbocycles. The van der Waals surface area contributed by atoms with Crippen molar-refractivity contribution in [2.24, 2.45) is 0 Å². The molecule has 6 nitrogen and oxygen atoms in total. The maximum Gasteiger partial charge on any atom is 0.208 e.